The molecule has 31 heavy (non-hydrogen) atoms. The van der Waals surface area contributed by atoms with Crippen molar-refractivity contribution in [1.29, 1.82) is 0 Å². The van der Waals surface area contributed by atoms with Crippen LogP contribution in [0.4, 0.5) is 34.6 Å². The first-order valence-electron chi connectivity index (χ1n) is 9.32. The van der Waals surface area contributed by atoms with E-state index in [1.54, 1.807) is 13.8 Å². The molecule has 3 aromatic rings. The smallest absolute Gasteiger partial charge is 0.327 e. The zero-order valence-corrected chi connectivity index (χ0v) is 16.5. The number of carbonyl (C=O) groups is 1. The highest BCUT2D eigenvalue weighted by Gasteiger charge is 2.37. The lowest BCUT2D eigenvalue weighted by atomic mass is 10.0. The minimum absolute atomic E-state index is 0.0635. The fourth-order valence-electron chi connectivity index (χ4n) is 3.71. The summed E-state index contributed by atoms with van der Waals surface area (Å²) in [5, 5.41) is 0. The zero-order chi connectivity index (χ0) is 22.5. The van der Waals surface area contributed by atoms with E-state index < -0.39 is 23.5 Å². The van der Waals surface area contributed by atoms with Gasteiger partial charge in [-0.3, -0.25) is 14.5 Å². The van der Waals surface area contributed by atoms with E-state index in [0.717, 1.165) is 18.2 Å². The molecule has 1 aromatic heterocycles. The van der Waals surface area contributed by atoms with Crippen LogP contribution in [-0.4, -0.2) is 17.6 Å². The number of halogens is 4. The summed E-state index contributed by atoms with van der Waals surface area (Å²) in [5.41, 5.74) is 0.812. The lowest BCUT2D eigenvalue weighted by Gasteiger charge is -2.39. The summed E-state index contributed by atoms with van der Waals surface area (Å²) in [6.45, 7) is 3.18. The molecule has 0 saturated heterocycles. The van der Waals surface area contributed by atoms with Crippen molar-refractivity contribution in [3.8, 4) is 0 Å². The summed E-state index contributed by atoms with van der Waals surface area (Å²) in [4.78, 5) is 30.2. The van der Waals surface area contributed by atoms with Crippen LogP contribution in [0.25, 0.3) is 0 Å². The van der Waals surface area contributed by atoms with Crippen LogP contribution in [0, 0.1) is 19.7 Å². The van der Waals surface area contributed by atoms with Gasteiger partial charge in [0.05, 0.1) is 22.5 Å². The van der Waals surface area contributed by atoms with Crippen molar-refractivity contribution in [2.45, 2.75) is 20.0 Å². The maximum absolute atomic E-state index is 13.7. The number of H-pyrrole nitrogens is 1. The molecule has 5 nitrogen and oxygen atoms in total. The van der Waals surface area contributed by atoms with E-state index in [4.69, 9.17) is 0 Å². The third-order valence-electron chi connectivity index (χ3n) is 5.22. The van der Waals surface area contributed by atoms with Gasteiger partial charge in [0, 0.05) is 18.0 Å². The minimum atomic E-state index is -4.59. The Morgan fingerprint density at radius 3 is 2.23 bits per heavy atom. The molecule has 0 aliphatic carbocycles. The molecule has 0 saturated carbocycles. The largest absolute Gasteiger partial charge is 0.416 e. The first-order chi connectivity index (χ1) is 14.6. The van der Waals surface area contributed by atoms with Crippen molar-refractivity contribution in [3.05, 3.63) is 87.1 Å². The highest BCUT2D eigenvalue weighted by atomic mass is 19.4. The Labute approximate surface area is 174 Å². The van der Waals surface area contributed by atoms with Crippen molar-refractivity contribution < 1.29 is 22.4 Å². The van der Waals surface area contributed by atoms with Crippen LogP contribution in [-0.2, 0) is 6.18 Å². The normalized spacial score (nSPS) is 14.1. The van der Waals surface area contributed by atoms with Gasteiger partial charge in [0.1, 0.15) is 12.5 Å². The fraction of sp³-hybridized carbons (Fsp3) is 0.182. The number of rotatable bonds is 2. The number of carbonyl (C=O) groups excluding carboxylic acids is 1. The van der Waals surface area contributed by atoms with Gasteiger partial charge in [-0.1, -0.05) is 0 Å². The average Bonchev–Trinajstić information content (AvgIpc) is 2.68. The van der Waals surface area contributed by atoms with Gasteiger partial charge >= 0.3 is 6.18 Å². The second-order valence-corrected chi connectivity index (χ2v) is 7.33. The van der Waals surface area contributed by atoms with E-state index in [1.807, 2.05) is 0 Å². The molecule has 1 amide bonds. The van der Waals surface area contributed by atoms with E-state index in [0.29, 0.717) is 22.5 Å². The molecule has 2 heterocycles. The van der Waals surface area contributed by atoms with Gasteiger partial charge < -0.3 is 9.88 Å². The molecule has 0 bridgehead atoms. The van der Waals surface area contributed by atoms with Crippen molar-refractivity contribution in [2.75, 3.05) is 16.5 Å². The Hall–Kier alpha value is -3.62. The fourth-order valence-corrected chi connectivity index (χ4v) is 3.71. The molecule has 1 aliphatic heterocycles. The van der Waals surface area contributed by atoms with Crippen LogP contribution >= 0.6 is 0 Å². The first-order valence-corrected chi connectivity index (χ1v) is 9.32. The van der Waals surface area contributed by atoms with Crippen LogP contribution in [0.3, 0.4) is 0 Å². The van der Waals surface area contributed by atoms with Crippen molar-refractivity contribution in [2.24, 2.45) is 0 Å². The van der Waals surface area contributed by atoms with E-state index in [9.17, 15) is 27.2 Å². The maximum Gasteiger partial charge on any atom is 0.416 e. The molecule has 0 unspecified atom stereocenters. The predicted octanol–water partition coefficient (Wildman–Crippen LogP) is 4.91. The van der Waals surface area contributed by atoms with Gasteiger partial charge in [0.2, 0.25) is 5.56 Å². The lowest BCUT2D eigenvalue weighted by Crippen LogP contribution is -2.45. The number of hydrogen-bond acceptors (Lipinski definition) is 3. The number of amides is 1. The molecule has 1 aliphatic rings. The van der Waals surface area contributed by atoms with Gasteiger partial charge in [0.25, 0.3) is 5.91 Å². The third kappa shape index (κ3) is 3.67. The first kappa shape index (κ1) is 20.6. The number of nitrogens with zero attached hydrogens (tertiary/aromatic N) is 2. The molecule has 0 fully saturated rings. The zero-order valence-electron chi connectivity index (χ0n) is 16.5. The monoisotopic (exact) mass is 431 g/mol. The number of alkyl halides is 3. The molecular weight excluding hydrogens is 414 g/mol. The van der Waals surface area contributed by atoms with E-state index in [2.05, 4.69) is 4.98 Å². The number of aromatic amines is 1. The third-order valence-corrected chi connectivity index (χ3v) is 5.22. The Balaban J connectivity index is 1.93. The Bertz CT molecular complexity index is 1250. The second kappa shape index (κ2) is 7.26. The average molecular weight is 431 g/mol. The topological polar surface area (TPSA) is 56.4 Å². The Morgan fingerprint density at radius 1 is 0.871 bits per heavy atom. The number of nitrogens with one attached hydrogen (secondary N) is 1. The molecule has 0 radical (unpaired) electrons. The van der Waals surface area contributed by atoms with Crippen LogP contribution in [0.1, 0.15) is 27.0 Å². The number of fused-ring (bicyclic) bond motifs is 1. The van der Waals surface area contributed by atoms with Gasteiger partial charge in [-0.25, -0.2) is 4.39 Å². The summed E-state index contributed by atoms with van der Waals surface area (Å²) >= 11 is 0. The van der Waals surface area contributed by atoms with Gasteiger partial charge in [-0.15, -0.1) is 0 Å². The van der Waals surface area contributed by atoms with Crippen LogP contribution in [0.5, 0.6) is 0 Å². The lowest BCUT2D eigenvalue weighted by molar-refractivity contribution is -0.137. The summed E-state index contributed by atoms with van der Waals surface area (Å²) in [7, 11) is 0. The van der Waals surface area contributed by atoms with Crippen molar-refractivity contribution in [1.82, 2.24) is 4.98 Å². The van der Waals surface area contributed by atoms with E-state index in [-0.39, 0.29) is 23.5 Å². The summed E-state index contributed by atoms with van der Waals surface area (Å²) in [6, 6.07) is 8.19. The predicted molar refractivity (Wildman–Crippen MR) is 108 cm³/mol. The van der Waals surface area contributed by atoms with E-state index in [1.165, 1.54) is 40.3 Å². The number of anilines is 3. The summed E-state index contributed by atoms with van der Waals surface area (Å²) in [6.07, 6.45) is -3.20. The molecular formula is C22H17F4N3O2. The van der Waals surface area contributed by atoms with Crippen molar-refractivity contribution >= 4 is 23.0 Å². The molecule has 1 N–H and O–H groups in total. The van der Waals surface area contributed by atoms with Crippen LogP contribution in [0.2, 0.25) is 0 Å². The van der Waals surface area contributed by atoms with Crippen LogP contribution in [0.15, 0.2) is 53.5 Å². The summed E-state index contributed by atoms with van der Waals surface area (Å²) in [5.74, 6) is -0.984. The molecule has 160 valence electrons. The van der Waals surface area contributed by atoms with Crippen molar-refractivity contribution in [3.63, 3.8) is 0 Å². The highest BCUT2D eigenvalue weighted by Crippen LogP contribution is 2.40. The SMILES string of the molecule is Cc1cc(=O)[nH]cc1N1CN(c2ccc(F)cc2C)c2cc(C(F)(F)F)ccc2C1=O. The number of aromatic nitrogens is 1. The Morgan fingerprint density at radius 2 is 1.58 bits per heavy atom. The van der Waals surface area contributed by atoms with Crippen LogP contribution < -0.4 is 15.4 Å². The standard InChI is InChI=1S/C22H17F4N3O2/c1-12-7-15(23)4-6-17(12)28-11-29(19-10-27-20(30)8-13(19)2)21(31)16-5-3-14(9-18(16)28)22(24,25)26/h3-10H,11H2,1-2H3,(H,27,30). The number of benzene rings is 2. The number of aryl methyl sites for hydroxylation is 2. The molecule has 0 atom stereocenters. The number of hydrogen-bond donors (Lipinski definition) is 1. The van der Waals surface area contributed by atoms with E-state index >= 15 is 0 Å². The van der Waals surface area contributed by atoms with Gasteiger partial charge in [-0.2, -0.15) is 13.2 Å². The quantitative estimate of drug-likeness (QED) is 0.587. The maximum atomic E-state index is 13.7. The minimum Gasteiger partial charge on any atom is -0.327 e. The number of pyridine rings is 1. The Kier molecular flexibility index (Phi) is 4.83. The molecule has 0 spiro atoms. The highest BCUT2D eigenvalue weighted by molar-refractivity contribution is 6.12. The summed E-state index contributed by atoms with van der Waals surface area (Å²) < 4.78 is 53.7. The molecule has 9 heteroatoms. The van der Waals surface area contributed by atoms with Gasteiger partial charge in [-0.05, 0) is 61.4 Å². The molecule has 2 aromatic carbocycles. The molecule has 4 rings (SSSR count). The van der Waals surface area contributed by atoms with Gasteiger partial charge in [0.15, 0.2) is 0 Å². The second-order valence-electron chi connectivity index (χ2n) is 7.33.